The van der Waals surface area contributed by atoms with Crippen molar-refractivity contribution in [1.82, 2.24) is 15.2 Å². The lowest BCUT2D eigenvalue weighted by Crippen LogP contribution is -2.40. The first-order valence-electron chi connectivity index (χ1n) is 5.20. The van der Waals surface area contributed by atoms with E-state index in [1.807, 2.05) is 17.7 Å². The number of aromatic nitrogens is 1. The fourth-order valence-electron chi connectivity index (χ4n) is 1.58. The Bertz CT molecular complexity index is 411. The summed E-state index contributed by atoms with van der Waals surface area (Å²) in [4.78, 5) is 4.32. The SMILES string of the molecule is Cn1c(CNC2=NCCCN2)cc(Cl)c1Cl. The van der Waals surface area contributed by atoms with Gasteiger partial charge in [-0.2, -0.15) is 0 Å². The Labute approximate surface area is 105 Å². The molecule has 0 aliphatic carbocycles. The van der Waals surface area contributed by atoms with Crippen LogP contribution in [0.3, 0.4) is 0 Å². The van der Waals surface area contributed by atoms with Crippen LogP contribution in [0.4, 0.5) is 0 Å². The zero-order valence-electron chi connectivity index (χ0n) is 9.06. The summed E-state index contributed by atoms with van der Waals surface area (Å²) in [6, 6.07) is 1.86. The van der Waals surface area contributed by atoms with E-state index in [1.165, 1.54) is 0 Å². The fraction of sp³-hybridized carbons (Fsp3) is 0.500. The van der Waals surface area contributed by atoms with Crippen molar-refractivity contribution in [2.24, 2.45) is 12.0 Å². The molecule has 0 saturated carbocycles. The van der Waals surface area contributed by atoms with Crippen LogP contribution in [0.1, 0.15) is 12.1 Å². The molecule has 0 bridgehead atoms. The predicted octanol–water partition coefficient (Wildman–Crippen LogP) is 1.77. The van der Waals surface area contributed by atoms with Crippen LogP contribution >= 0.6 is 23.2 Å². The summed E-state index contributed by atoms with van der Waals surface area (Å²) in [5, 5.41) is 7.56. The molecule has 88 valence electrons. The monoisotopic (exact) mass is 260 g/mol. The molecule has 2 N–H and O–H groups in total. The minimum Gasteiger partial charge on any atom is -0.356 e. The van der Waals surface area contributed by atoms with Crippen molar-refractivity contribution in [2.75, 3.05) is 13.1 Å². The van der Waals surface area contributed by atoms with Crippen molar-refractivity contribution in [2.45, 2.75) is 13.0 Å². The minimum absolute atomic E-state index is 0.567. The zero-order chi connectivity index (χ0) is 11.5. The molecule has 0 radical (unpaired) electrons. The van der Waals surface area contributed by atoms with E-state index in [4.69, 9.17) is 23.2 Å². The van der Waals surface area contributed by atoms with Crippen LogP contribution in [0, 0.1) is 0 Å². The van der Waals surface area contributed by atoms with Crippen molar-refractivity contribution in [3.05, 3.63) is 21.9 Å². The molecule has 1 aliphatic rings. The Morgan fingerprint density at radius 2 is 2.38 bits per heavy atom. The molecule has 1 aromatic rings. The molecule has 1 aliphatic heterocycles. The number of nitrogens with one attached hydrogen (secondary N) is 2. The van der Waals surface area contributed by atoms with E-state index in [1.54, 1.807) is 0 Å². The predicted molar refractivity (Wildman–Crippen MR) is 67.2 cm³/mol. The second kappa shape index (κ2) is 4.97. The van der Waals surface area contributed by atoms with Gasteiger partial charge >= 0.3 is 0 Å². The minimum atomic E-state index is 0.567. The van der Waals surface area contributed by atoms with Crippen molar-refractivity contribution >= 4 is 29.2 Å². The van der Waals surface area contributed by atoms with Crippen molar-refractivity contribution in [3.8, 4) is 0 Å². The van der Waals surface area contributed by atoms with Gasteiger partial charge in [0.2, 0.25) is 0 Å². The zero-order valence-corrected chi connectivity index (χ0v) is 10.6. The van der Waals surface area contributed by atoms with Crippen molar-refractivity contribution in [1.29, 1.82) is 0 Å². The number of rotatable bonds is 2. The molecular formula is C10H14Cl2N4. The molecular weight excluding hydrogens is 247 g/mol. The highest BCUT2D eigenvalue weighted by atomic mass is 35.5. The van der Waals surface area contributed by atoms with Gasteiger partial charge in [-0.15, -0.1) is 0 Å². The summed E-state index contributed by atoms with van der Waals surface area (Å²) in [6.45, 7) is 2.51. The second-order valence-electron chi connectivity index (χ2n) is 3.70. The number of nitrogens with zero attached hydrogens (tertiary/aromatic N) is 2. The van der Waals surface area contributed by atoms with Crippen LogP contribution in [0.25, 0.3) is 0 Å². The average molecular weight is 261 g/mol. The lowest BCUT2D eigenvalue weighted by atomic mass is 10.4. The van der Waals surface area contributed by atoms with E-state index in [9.17, 15) is 0 Å². The molecule has 0 saturated heterocycles. The lowest BCUT2D eigenvalue weighted by molar-refractivity contribution is 0.689. The van der Waals surface area contributed by atoms with E-state index in [0.717, 1.165) is 31.2 Å². The third-order valence-electron chi connectivity index (χ3n) is 2.55. The van der Waals surface area contributed by atoms with Gasteiger partial charge in [0.15, 0.2) is 5.96 Å². The standard InChI is InChI=1S/C10H14Cl2N4/c1-16-7(5-8(11)9(16)12)6-15-10-13-3-2-4-14-10/h5H,2-4,6H2,1H3,(H2,13,14,15). The maximum absolute atomic E-state index is 5.98. The smallest absolute Gasteiger partial charge is 0.191 e. The first-order valence-corrected chi connectivity index (χ1v) is 5.96. The molecule has 16 heavy (non-hydrogen) atoms. The van der Waals surface area contributed by atoms with Gasteiger partial charge in [0.25, 0.3) is 0 Å². The Morgan fingerprint density at radius 3 is 2.94 bits per heavy atom. The van der Waals surface area contributed by atoms with Gasteiger partial charge in [0, 0.05) is 25.8 Å². The molecule has 0 amide bonds. The summed E-state index contributed by atoms with van der Waals surface area (Å²) >= 11 is 11.9. The van der Waals surface area contributed by atoms with Crippen LogP contribution < -0.4 is 10.6 Å². The van der Waals surface area contributed by atoms with Gasteiger partial charge in [-0.1, -0.05) is 23.2 Å². The number of aliphatic imine (C=N–C) groups is 1. The summed E-state index contributed by atoms with van der Waals surface area (Å²) < 4.78 is 1.86. The van der Waals surface area contributed by atoms with Gasteiger partial charge in [-0.25, -0.2) is 0 Å². The highest BCUT2D eigenvalue weighted by molar-refractivity contribution is 6.41. The van der Waals surface area contributed by atoms with E-state index in [-0.39, 0.29) is 0 Å². The van der Waals surface area contributed by atoms with Gasteiger partial charge in [-0.3, -0.25) is 4.99 Å². The Balaban J connectivity index is 1.99. The normalized spacial score (nSPS) is 15.6. The number of guanidine groups is 1. The van der Waals surface area contributed by atoms with Gasteiger partial charge < -0.3 is 15.2 Å². The lowest BCUT2D eigenvalue weighted by Gasteiger charge is -2.16. The van der Waals surface area contributed by atoms with Crippen LogP contribution in [0.5, 0.6) is 0 Å². The number of halogens is 2. The molecule has 0 unspecified atom stereocenters. The fourth-order valence-corrected chi connectivity index (χ4v) is 2.00. The summed E-state index contributed by atoms with van der Waals surface area (Å²) in [5.41, 5.74) is 1.03. The second-order valence-corrected chi connectivity index (χ2v) is 4.46. The van der Waals surface area contributed by atoms with Gasteiger partial charge in [0.1, 0.15) is 5.15 Å². The van der Waals surface area contributed by atoms with Crippen LogP contribution in [0.15, 0.2) is 11.1 Å². The van der Waals surface area contributed by atoms with E-state index in [0.29, 0.717) is 16.7 Å². The van der Waals surface area contributed by atoms with E-state index >= 15 is 0 Å². The topological polar surface area (TPSA) is 41.4 Å². The van der Waals surface area contributed by atoms with Crippen LogP contribution in [-0.4, -0.2) is 23.6 Å². The average Bonchev–Trinajstić information content (AvgIpc) is 2.56. The number of hydrogen-bond acceptors (Lipinski definition) is 3. The molecule has 0 spiro atoms. The number of hydrogen-bond donors (Lipinski definition) is 2. The maximum Gasteiger partial charge on any atom is 0.191 e. The van der Waals surface area contributed by atoms with Gasteiger partial charge in [-0.05, 0) is 12.5 Å². The summed E-state index contributed by atoms with van der Waals surface area (Å²) in [5.74, 6) is 0.847. The Hall–Kier alpha value is -0.870. The molecule has 0 fully saturated rings. The molecule has 6 heteroatoms. The first-order chi connectivity index (χ1) is 7.68. The summed E-state index contributed by atoms with van der Waals surface area (Å²) in [6.07, 6.45) is 1.09. The van der Waals surface area contributed by atoms with Crippen LogP contribution in [0.2, 0.25) is 10.2 Å². The van der Waals surface area contributed by atoms with Gasteiger partial charge in [0.05, 0.1) is 11.6 Å². The Morgan fingerprint density at radius 1 is 1.56 bits per heavy atom. The third kappa shape index (κ3) is 2.44. The molecule has 2 rings (SSSR count). The third-order valence-corrected chi connectivity index (χ3v) is 3.39. The quantitative estimate of drug-likeness (QED) is 0.851. The maximum atomic E-state index is 5.98. The van der Waals surface area contributed by atoms with Crippen molar-refractivity contribution < 1.29 is 0 Å². The molecule has 4 nitrogen and oxygen atoms in total. The molecule has 1 aromatic heterocycles. The highest BCUT2D eigenvalue weighted by Crippen LogP contribution is 2.24. The first kappa shape index (κ1) is 11.6. The van der Waals surface area contributed by atoms with E-state index in [2.05, 4.69) is 15.6 Å². The largest absolute Gasteiger partial charge is 0.356 e. The highest BCUT2D eigenvalue weighted by Gasteiger charge is 2.09. The summed E-state index contributed by atoms with van der Waals surface area (Å²) in [7, 11) is 1.89. The molecule has 2 heterocycles. The Kier molecular flexibility index (Phi) is 3.61. The molecule has 0 aromatic carbocycles. The van der Waals surface area contributed by atoms with Crippen LogP contribution in [-0.2, 0) is 13.6 Å². The van der Waals surface area contributed by atoms with Crippen molar-refractivity contribution in [3.63, 3.8) is 0 Å². The van der Waals surface area contributed by atoms with E-state index < -0.39 is 0 Å². The molecule has 0 atom stereocenters.